The standard InChI is InChI=1S/C5H9BrO.Ar/c1-5(2-6)3-7-4-5;/h2-4H2,1H3;. The third-order valence-corrected chi connectivity index (χ3v) is 2.58. The molecule has 0 spiro atoms. The second-order valence-corrected chi connectivity index (χ2v) is 3.00. The Balaban J connectivity index is 0.000000490. The maximum Gasteiger partial charge on any atom is 0.0550 e. The summed E-state index contributed by atoms with van der Waals surface area (Å²) in [5, 5.41) is 1.07. The minimum absolute atomic E-state index is 0. The molecule has 0 aromatic rings. The summed E-state index contributed by atoms with van der Waals surface area (Å²) in [5.41, 5.74) is 0.458. The Kier molecular flexibility index (Phi) is 4.57. The van der Waals surface area contributed by atoms with Gasteiger partial charge in [0.2, 0.25) is 0 Å². The summed E-state index contributed by atoms with van der Waals surface area (Å²) < 4.78 is 5.00. The third kappa shape index (κ3) is 2.14. The Bertz CT molecular complexity index is 67.3. The molecular weight excluding hydrogens is 196 g/mol. The fourth-order valence-electron chi connectivity index (χ4n) is 0.528. The zero-order valence-corrected chi connectivity index (χ0v) is 7.05. The van der Waals surface area contributed by atoms with E-state index in [1.54, 1.807) is 0 Å². The second kappa shape index (κ2) is 3.77. The first-order valence-electron chi connectivity index (χ1n) is 2.41. The average molecular weight is 205 g/mol. The van der Waals surface area contributed by atoms with Gasteiger partial charge in [0.25, 0.3) is 0 Å². The van der Waals surface area contributed by atoms with Gasteiger partial charge in [-0.3, -0.25) is 0 Å². The first-order chi connectivity index (χ1) is 3.27. The molecule has 0 atom stereocenters. The average Bonchev–Trinajstić information content (AvgIpc) is 1.61. The Morgan fingerprint density at radius 1 is 1.62 bits per heavy atom. The predicted octanol–water partition coefficient (Wildman–Crippen LogP) is 1.42. The molecule has 0 saturated carbocycles. The van der Waals surface area contributed by atoms with Crippen LogP contribution in [-0.2, 0) is 4.74 Å². The van der Waals surface area contributed by atoms with Crippen molar-refractivity contribution in [1.29, 1.82) is 0 Å². The van der Waals surface area contributed by atoms with Crippen molar-refractivity contribution in [2.45, 2.75) is 6.92 Å². The van der Waals surface area contributed by atoms with Crippen LogP contribution < -0.4 is 0 Å². The molecule has 8 heavy (non-hydrogen) atoms. The zero-order valence-electron chi connectivity index (χ0n) is 4.76. The summed E-state index contributed by atoms with van der Waals surface area (Å²) >= 11 is 3.40. The van der Waals surface area contributed by atoms with E-state index in [1.807, 2.05) is 0 Å². The maximum absolute atomic E-state index is 5.00. The van der Waals surface area contributed by atoms with Gasteiger partial charge in [0, 0.05) is 48.5 Å². The van der Waals surface area contributed by atoms with Gasteiger partial charge in [-0.1, -0.05) is 22.9 Å². The van der Waals surface area contributed by atoms with Crippen molar-refractivity contribution >= 4 is 15.9 Å². The quantitative estimate of drug-likeness (QED) is 0.588. The van der Waals surface area contributed by atoms with Gasteiger partial charge in [-0.2, -0.15) is 0 Å². The number of halogens is 1. The molecule has 0 aliphatic carbocycles. The summed E-state index contributed by atoms with van der Waals surface area (Å²) in [4.78, 5) is 0. The molecule has 50 valence electrons. The van der Waals surface area contributed by atoms with Crippen LogP contribution in [-0.4, -0.2) is 18.5 Å². The minimum Gasteiger partial charge on any atom is -0.380 e. The number of rotatable bonds is 1. The van der Waals surface area contributed by atoms with Crippen molar-refractivity contribution in [3.8, 4) is 0 Å². The Hall–Kier alpha value is 1.70. The number of ether oxygens (including phenoxy) is 1. The van der Waals surface area contributed by atoms with Crippen LogP contribution in [0.2, 0.25) is 0 Å². The fourth-order valence-corrected chi connectivity index (χ4v) is 0.851. The number of hydrogen-bond acceptors (Lipinski definition) is 1. The van der Waals surface area contributed by atoms with Crippen LogP contribution in [0, 0.1) is 43.2 Å². The topological polar surface area (TPSA) is 9.23 Å². The van der Waals surface area contributed by atoms with E-state index in [2.05, 4.69) is 22.9 Å². The van der Waals surface area contributed by atoms with Crippen molar-refractivity contribution in [2.24, 2.45) is 5.41 Å². The molecule has 1 heterocycles. The van der Waals surface area contributed by atoms with Crippen LogP contribution in [0.1, 0.15) is 6.92 Å². The molecule has 0 amide bonds. The van der Waals surface area contributed by atoms with Crippen molar-refractivity contribution in [1.82, 2.24) is 0 Å². The van der Waals surface area contributed by atoms with E-state index in [9.17, 15) is 0 Å². The molecule has 0 bridgehead atoms. The van der Waals surface area contributed by atoms with Crippen LogP contribution in [0.5, 0.6) is 0 Å². The van der Waals surface area contributed by atoms with Gasteiger partial charge < -0.3 is 4.74 Å². The summed E-state index contributed by atoms with van der Waals surface area (Å²) in [7, 11) is 0. The van der Waals surface area contributed by atoms with Gasteiger partial charge in [-0.15, -0.1) is 0 Å². The van der Waals surface area contributed by atoms with Gasteiger partial charge >= 0.3 is 0 Å². The van der Waals surface area contributed by atoms with E-state index in [1.165, 1.54) is 0 Å². The van der Waals surface area contributed by atoms with E-state index < -0.39 is 0 Å². The molecule has 1 saturated heterocycles. The third-order valence-electron chi connectivity index (χ3n) is 1.22. The van der Waals surface area contributed by atoms with Crippen LogP contribution in [0.4, 0.5) is 0 Å². The van der Waals surface area contributed by atoms with Crippen molar-refractivity contribution in [3.05, 3.63) is 0 Å². The molecule has 0 radical (unpaired) electrons. The van der Waals surface area contributed by atoms with Crippen LogP contribution >= 0.6 is 15.9 Å². The monoisotopic (exact) mass is 204 g/mol. The summed E-state index contributed by atoms with van der Waals surface area (Å²) in [6.45, 7) is 4.07. The zero-order chi connectivity index (χ0) is 5.33. The van der Waals surface area contributed by atoms with Crippen LogP contribution in [0.25, 0.3) is 0 Å². The van der Waals surface area contributed by atoms with Crippen LogP contribution in [0.15, 0.2) is 0 Å². The normalized spacial score (nSPS) is 23.2. The molecule has 1 fully saturated rings. The Morgan fingerprint density at radius 3 is 2.12 bits per heavy atom. The van der Waals surface area contributed by atoms with Gasteiger partial charge in [0.1, 0.15) is 0 Å². The molecular formula is C5H9ArBrO. The summed E-state index contributed by atoms with van der Waals surface area (Å²) in [5.74, 6) is 0. The summed E-state index contributed by atoms with van der Waals surface area (Å²) in [6, 6.07) is 0. The second-order valence-electron chi connectivity index (χ2n) is 2.44. The molecule has 1 aliphatic heterocycles. The SMILES string of the molecule is CC1(CBr)COC1.[Ar]. The van der Waals surface area contributed by atoms with Crippen molar-refractivity contribution in [2.75, 3.05) is 18.5 Å². The Morgan fingerprint density at radius 2 is 2.12 bits per heavy atom. The first-order valence-corrected chi connectivity index (χ1v) is 3.53. The molecule has 0 unspecified atom stereocenters. The van der Waals surface area contributed by atoms with Crippen molar-refractivity contribution < 1.29 is 42.5 Å². The molecule has 1 rings (SSSR count). The molecule has 0 N–H and O–H groups in total. The Labute approximate surface area is 88.3 Å². The first kappa shape index (κ1) is 9.70. The van der Waals surface area contributed by atoms with Gasteiger partial charge in [0.05, 0.1) is 13.2 Å². The number of alkyl halides is 1. The summed E-state index contributed by atoms with van der Waals surface area (Å²) in [6.07, 6.45) is 0. The minimum atomic E-state index is 0. The van der Waals surface area contributed by atoms with E-state index in [0.29, 0.717) is 5.41 Å². The molecule has 0 aromatic heterocycles. The largest absolute Gasteiger partial charge is 0.380 e. The molecule has 1 aliphatic rings. The van der Waals surface area contributed by atoms with E-state index in [4.69, 9.17) is 4.74 Å². The predicted molar refractivity (Wildman–Crippen MR) is 32.7 cm³/mol. The van der Waals surface area contributed by atoms with Gasteiger partial charge in [-0.05, 0) is 0 Å². The van der Waals surface area contributed by atoms with E-state index in [0.717, 1.165) is 18.5 Å². The van der Waals surface area contributed by atoms with Crippen molar-refractivity contribution in [3.63, 3.8) is 0 Å². The van der Waals surface area contributed by atoms with Crippen LogP contribution in [0.3, 0.4) is 0 Å². The molecule has 1 nitrogen and oxygen atoms in total. The smallest absolute Gasteiger partial charge is 0.0550 e. The molecule has 3 heteroatoms. The van der Waals surface area contributed by atoms with E-state index in [-0.39, 0.29) is 37.7 Å². The maximum atomic E-state index is 5.00. The number of hydrogen-bond donors (Lipinski definition) is 0. The van der Waals surface area contributed by atoms with Gasteiger partial charge in [-0.25, -0.2) is 0 Å². The van der Waals surface area contributed by atoms with Gasteiger partial charge in [0.15, 0.2) is 0 Å². The fraction of sp³-hybridized carbons (Fsp3) is 1.00. The van der Waals surface area contributed by atoms with E-state index >= 15 is 0 Å². The molecule has 0 aromatic carbocycles.